The lowest BCUT2D eigenvalue weighted by Crippen LogP contribution is -2.23. The first kappa shape index (κ1) is 20.3. The Morgan fingerprint density at radius 3 is 1.73 bits per heavy atom. The Hall–Kier alpha value is -2.96. The van der Waals surface area contributed by atoms with Crippen LogP contribution in [-0.4, -0.2) is 0 Å². The Morgan fingerprint density at radius 1 is 0.667 bits per heavy atom. The topological polar surface area (TPSA) is 12.0 Å². The summed E-state index contributed by atoms with van der Waals surface area (Å²) in [6.07, 6.45) is 0. The van der Waals surface area contributed by atoms with Crippen LogP contribution in [0.3, 0.4) is 0 Å². The molecule has 1 nitrogen and oxygen atoms in total. The van der Waals surface area contributed by atoms with Crippen molar-refractivity contribution in [2.45, 2.75) is 20.8 Å². The van der Waals surface area contributed by atoms with Gasteiger partial charge in [0.05, 0.1) is 0 Å². The summed E-state index contributed by atoms with van der Waals surface area (Å²) in [5, 5.41) is 7.02. The second-order valence-corrected chi connectivity index (χ2v) is 9.75. The molecular weight excluding hydrogens is 388 g/mol. The molecule has 0 aliphatic heterocycles. The van der Waals surface area contributed by atoms with Crippen molar-refractivity contribution in [2.24, 2.45) is 0 Å². The van der Waals surface area contributed by atoms with Gasteiger partial charge in [0.15, 0.2) is 0 Å². The Labute approximate surface area is 179 Å². The van der Waals surface area contributed by atoms with Gasteiger partial charge in [-0.05, 0) is 68.6 Å². The molecule has 0 amide bonds. The molecule has 0 unspecified atom stereocenters. The largest absolute Gasteiger partial charge is 0.355 e. The normalized spacial score (nSPS) is 11.0. The van der Waals surface area contributed by atoms with E-state index in [0.717, 1.165) is 16.7 Å². The first-order valence-corrected chi connectivity index (χ1v) is 11.4. The van der Waals surface area contributed by atoms with E-state index < -0.39 is 7.92 Å². The molecule has 3 heteroatoms. The van der Waals surface area contributed by atoms with Crippen molar-refractivity contribution in [2.75, 3.05) is 5.32 Å². The lowest BCUT2D eigenvalue weighted by Gasteiger charge is -2.24. The number of rotatable bonds is 5. The van der Waals surface area contributed by atoms with E-state index in [9.17, 15) is 4.39 Å². The number of benzene rings is 4. The monoisotopic (exact) mass is 413 g/mol. The third-order valence-corrected chi connectivity index (χ3v) is 7.65. The summed E-state index contributed by atoms with van der Waals surface area (Å²) in [6.45, 7) is 6.34. The van der Waals surface area contributed by atoms with Crippen LogP contribution in [0.1, 0.15) is 16.7 Å². The molecule has 0 saturated heterocycles. The van der Waals surface area contributed by atoms with E-state index in [1.165, 1.54) is 33.4 Å². The summed E-state index contributed by atoms with van der Waals surface area (Å²) in [6, 6.07) is 30.2. The molecule has 30 heavy (non-hydrogen) atoms. The van der Waals surface area contributed by atoms with Crippen molar-refractivity contribution >= 4 is 35.2 Å². The highest BCUT2D eigenvalue weighted by Crippen LogP contribution is 2.37. The fourth-order valence-corrected chi connectivity index (χ4v) is 6.31. The van der Waals surface area contributed by atoms with Crippen molar-refractivity contribution in [3.63, 3.8) is 0 Å². The molecule has 4 aromatic rings. The Morgan fingerprint density at radius 2 is 1.20 bits per heavy atom. The lowest BCUT2D eigenvalue weighted by molar-refractivity contribution is 0.629. The molecule has 4 rings (SSSR count). The average molecular weight is 413 g/mol. The Bertz CT molecular complexity index is 1090. The number of hydrogen-bond donors (Lipinski definition) is 1. The summed E-state index contributed by atoms with van der Waals surface area (Å²) in [4.78, 5) is 0. The van der Waals surface area contributed by atoms with E-state index in [1.54, 1.807) is 6.07 Å². The van der Waals surface area contributed by atoms with Gasteiger partial charge in [-0.3, -0.25) is 0 Å². The summed E-state index contributed by atoms with van der Waals surface area (Å²) >= 11 is 0. The van der Waals surface area contributed by atoms with E-state index in [-0.39, 0.29) is 5.82 Å². The molecule has 0 heterocycles. The molecule has 150 valence electrons. The SMILES string of the molecule is Cc1cc(C)c(Nc2ccc(F)cc2P(c2ccccc2)c2ccccc2)c(C)c1. The van der Waals surface area contributed by atoms with Crippen LogP contribution in [0.5, 0.6) is 0 Å². The summed E-state index contributed by atoms with van der Waals surface area (Å²) in [5.41, 5.74) is 5.65. The van der Waals surface area contributed by atoms with Crippen molar-refractivity contribution in [1.82, 2.24) is 0 Å². The van der Waals surface area contributed by atoms with Crippen LogP contribution < -0.4 is 21.2 Å². The number of anilines is 2. The van der Waals surface area contributed by atoms with Crippen LogP contribution >= 0.6 is 7.92 Å². The van der Waals surface area contributed by atoms with Crippen molar-refractivity contribution in [1.29, 1.82) is 0 Å². The minimum atomic E-state index is -0.907. The fraction of sp³-hybridized carbons (Fsp3) is 0.111. The maximum Gasteiger partial charge on any atom is 0.124 e. The van der Waals surface area contributed by atoms with Gasteiger partial charge in [-0.25, -0.2) is 4.39 Å². The van der Waals surface area contributed by atoms with Crippen LogP contribution in [-0.2, 0) is 0 Å². The third kappa shape index (κ3) is 4.30. The number of halogens is 1. The highest BCUT2D eigenvalue weighted by molar-refractivity contribution is 7.80. The Kier molecular flexibility index (Phi) is 5.97. The smallest absolute Gasteiger partial charge is 0.124 e. The molecule has 0 aliphatic rings. The lowest BCUT2D eigenvalue weighted by atomic mass is 10.0. The van der Waals surface area contributed by atoms with E-state index in [0.29, 0.717) is 0 Å². The number of nitrogens with one attached hydrogen (secondary N) is 1. The van der Waals surface area contributed by atoms with Crippen molar-refractivity contribution < 1.29 is 4.39 Å². The minimum absolute atomic E-state index is 0.215. The van der Waals surface area contributed by atoms with Gasteiger partial charge in [0, 0.05) is 16.7 Å². The van der Waals surface area contributed by atoms with Gasteiger partial charge >= 0.3 is 0 Å². The van der Waals surface area contributed by atoms with Crippen LogP contribution in [0, 0.1) is 26.6 Å². The molecule has 4 aromatic carbocycles. The van der Waals surface area contributed by atoms with Crippen molar-refractivity contribution in [3.05, 3.63) is 114 Å². The quantitative estimate of drug-likeness (QED) is 0.381. The Balaban J connectivity index is 1.88. The average Bonchev–Trinajstić information content (AvgIpc) is 2.74. The highest BCUT2D eigenvalue weighted by Gasteiger charge is 2.21. The first-order chi connectivity index (χ1) is 14.5. The molecule has 0 radical (unpaired) electrons. The van der Waals surface area contributed by atoms with Crippen LogP contribution in [0.4, 0.5) is 15.8 Å². The van der Waals surface area contributed by atoms with Gasteiger partial charge in [-0.2, -0.15) is 0 Å². The molecule has 0 aromatic heterocycles. The zero-order valence-electron chi connectivity index (χ0n) is 17.5. The van der Waals surface area contributed by atoms with Gasteiger partial charge in [0.1, 0.15) is 5.82 Å². The second kappa shape index (κ2) is 8.81. The van der Waals surface area contributed by atoms with Crippen LogP contribution in [0.15, 0.2) is 91.0 Å². The van der Waals surface area contributed by atoms with E-state index >= 15 is 0 Å². The highest BCUT2D eigenvalue weighted by atomic mass is 31.1. The molecule has 0 saturated carbocycles. The zero-order chi connectivity index (χ0) is 21.1. The summed E-state index contributed by atoms with van der Waals surface area (Å²) in [7, 11) is -0.907. The predicted molar refractivity (Wildman–Crippen MR) is 129 cm³/mol. The zero-order valence-corrected chi connectivity index (χ0v) is 18.4. The molecular formula is C27H25FNP. The maximum atomic E-state index is 14.5. The van der Waals surface area contributed by atoms with E-state index in [2.05, 4.69) is 62.5 Å². The van der Waals surface area contributed by atoms with Crippen LogP contribution in [0.25, 0.3) is 0 Å². The van der Waals surface area contributed by atoms with Crippen molar-refractivity contribution in [3.8, 4) is 0 Å². The van der Waals surface area contributed by atoms with Gasteiger partial charge in [-0.1, -0.05) is 78.4 Å². The third-order valence-electron chi connectivity index (χ3n) is 5.17. The fourth-order valence-electron chi connectivity index (χ4n) is 3.89. The van der Waals surface area contributed by atoms with Gasteiger partial charge in [0.2, 0.25) is 0 Å². The summed E-state index contributed by atoms with van der Waals surface area (Å²) < 4.78 is 14.5. The first-order valence-electron chi connectivity index (χ1n) is 10.1. The molecule has 0 spiro atoms. The minimum Gasteiger partial charge on any atom is -0.355 e. The molecule has 1 N–H and O–H groups in total. The molecule has 0 aliphatic carbocycles. The van der Waals surface area contributed by atoms with Crippen LogP contribution in [0.2, 0.25) is 0 Å². The number of hydrogen-bond acceptors (Lipinski definition) is 1. The van der Waals surface area contributed by atoms with E-state index in [1.807, 2.05) is 42.5 Å². The summed E-state index contributed by atoms with van der Waals surface area (Å²) in [5.74, 6) is -0.215. The molecule has 0 fully saturated rings. The van der Waals surface area contributed by atoms with Gasteiger partial charge in [-0.15, -0.1) is 0 Å². The number of aryl methyl sites for hydroxylation is 3. The molecule has 0 atom stereocenters. The van der Waals surface area contributed by atoms with E-state index in [4.69, 9.17) is 0 Å². The van der Waals surface area contributed by atoms with Gasteiger partial charge in [0.25, 0.3) is 0 Å². The molecule has 0 bridgehead atoms. The van der Waals surface area contributed by atoms with Gasteiger partial charge < -0.3 is 5.32 Å². The second-order valence-electron chi connectivity index (χ2n) is 7.57. The maximum absolute atomic E-state index is 14.5. The standard InChI is InChI=1S/C27H25FNP/c1-19-16-20(2)27(21(3)17-19)29-25-15-14-22(28)18-26(25)30(23-10-6-4-7-11-23)24-12-8-5-9-13-24/h4-18,29H,1-3H3. The predicted octanol–water partition coefficient (Wildman–Crippen LogP) is 6.25.